The summed E-state index contributed by atoms with van der Waals surface area (Å²) in [4.78, 5) is 43.4. The largest absolute Gasteiger partial charge is 0.478 e. The minimum Gasteiger partial charge on any atom is -0.478 e. The number of nitrogen functional groups attached to an aromatic ring is 1. The van der Waals surface area contributed by atoms with Crippen LogP contribution in [-0.4, -0.2) is 67.6 Å². The number of amidine groups is 1. The third kappa shape index (κ3) is 10.1. The molecule has 1 atom stereocenters. The number of pyridine rings is 1. The Morgan fingerprint density at radius 2 is 1.62 bits per heavy atom. The number of carbonyl (C=O) groups is 3. The Balaban J connectivity index is 2.00. The number of hydrogen-bond donors (Lipinski definition) is 5. The van der Waals surface area contributed by atoms with Crippen LogP contribution in [0.1, 0.15) is 70.9 Å². The van der Waals surface area contributed by atoms with Crippen LogP contribution in [0.3, 0.4) is 0 Å². The van der Waals surface area contributed by atoms with Gasteiger partial charge in [0.2, 0.25) is 5.88 Å². The molecule has 13 nitrogen and oxygen atoms in total. The fourth-order valence-electron chi connectivity index (χ4n) is 4.45. The molecule has 0 spiro atoms. The number of aromatic nitrogens is 1. The molecule has 0 bridgehead atoms. The molecule has 0 saturated carbocycles. The van der Waals surface area contributed by atoms with Crippen LogP contribution in [0.15, 0.2) is 54.6 Å². The van der Waals surface area contributed by atoms with Crippen LogP contribution in [0, 0.1) is 10.8 Å². The number of anilines is 1. The quantitative estimate of drug-likeness (QED) is 0.103. The molecule has 2 aromatic carbocycles. The molecule has 6 N–H and O–H groups in total. The van der Waals surface area contributed by atoms with Crippen LogP contribution in [-0.2, 0) is 14.3 Å². The van der Waals surface area contributed by atoms with Crippen LogP contribution < -0.4 is 21.1 Å². The van der Waals surface area contributed by atoms with Crippen LogP contribution in [0.4, 0.5) is 5.69 Å². The highest BCUT2D eigenvalue weighted by molar-refractivity contribution is 7.85. The van der Waals surface area contributed by atoms with Crippen LogP contribution in [0.2, 0.25) is 0 Å². The van der Waals surface area contributed by atoms with Gasteiger partial charge in [-0.25, -0.2) is 9.78 Å². The van der Waals surface area contributed by atoms with Gasteiger partial charge in [0, 0.05) is 28.4 Å². The van der Waals surface area contributed by atoms with Crippen LogP contribution in [0.25, 0.3) is 11.1 Å². The minimum atomic E-state index is -3.76. The number of nitrogens with zero attached hydrogens (tertiary/aromatic N) is 1. The minimum absolute atomic E-state index is 0.00451. The fourth-order valence-corrected chi connectivity index (χ4v) is 4.86. The zero-order valence-corrected chi connectivity index (χ0v) is 26.4. The lowest BCUT2D eigenvalue weighted by molar-refractivity contribution is 0.0697. The van der Waals surface area contributed by atoms with Gasteiger partial charge in [-0.1, -0.05) is 26.8 Å². The molecule has 1 heterocycles. The number of ether oxygens (including phenoxy) is 1. The molecule has 0 radical (unpaired) electrons. The average molecular weight is 640 g/mol. The Bertz CT molecular complexity index is 1700. The van der Waals surface area contributed by atoms with Crippen molar-refractivity contribution in [3.63, 3.8) is 0 Å². The highest BCUT2D eigenvalue weighted by Gasteiger charge is 2.25. The molecule has 1 aromatic heterocycles. The van der Waals surface area contributed by atoms with Gasteiger partial charge in [0.25, 0.3) is 21.9 Å². The molecule has 2 amide bonds. The SMILES string of the molecule is CCOc1ccc(-c2ccc(C(=O)N[C@H](COS(C)(=O)=O)CC(C)(C)C)cc2C(=O)O)c(C(=O)Nc2ccc(C(=N)N)cc2)n1. The van der Waals surface area contributed by atoms with Crippen LogP contribution in [0.5, 0.6) is 5.88 Å². The Morgan fingerprint density at radius 1 is 1.00 bits per heavy atom. The zero-order valence-electron chi connectivity index (χ0n) is 25.6. The molecule has 45 heavy (non-hydrogen) atoms. The number of aromatic carboxylic acids is 1. The summed E-state index contributed by atoms with van der Waals surface area (Å²) in [6, 6.07) is 12.6. The van der Waals surface area contributed by atoms with E-state index in [0.717, 1.165) is 6.26 Å². The summed E-state index contributed by atoms with van der Waals surface area (Å²) in [6.45, 7) is 7.49. The van der Waals surface area contributed by atoms with Crippen molar-refractivity contribution in [1.29, 1.82) is 5.41 Å². The van der Waals surface area contributed by atoms with Gasteiger partial charge in [0.05, 0.1) is 31.1 Å². The van der Waals surface area contributed by atoms with E-state index in [1.54, 1.807) is 31.2 Å². The number of carbonyl (C=O) groups excluding carboxylic acids is 2. The summed E-state index contributed by atoms with van der Waals surface area (Å²) < 4.78 is 33.5. The first-order chi connectivity index (χ1) is 21.0. The van der Waals surface area contributed by atoms with E-state index in [9.17, 15) is 27.9 Å². The Hall–Kier alpha value is -4.82. The van der Waals surface area contributed by atoms with Crippen molar-refractivity contribution in [2.24, 2.45) is 11.1 Å². The molecule has 3 aromatic rings. The van der Waals surface area contributed by atoms with E-state index in [1.807, 2.05) is 20.8 Å². The van der Waals surface area contributed by atoms with Crippen molar-refractivity contribution in [2.75, 3.05) is 24.8 Å². The number of nitrogens with one attached hydrogen (secondary N) is 3. The van der Waals surface area contributed by atoms with Gasteiger partial charge < -0.3 is 26.2 Å². The predicted octanol–water partition coefficient (Wildman–Crippen LogP) is 3.89. The van der Waals surface area contributed by atoms with Gasteiger partial charge in [-0.3, -0.25) is 19.2 Å². The lowest BCUT2D eigenvalue weighted by Gasteiger charge is -2.26. The number of benzene rings is 2. The summed E-state index contributed by atoms with van der Waals surface area (Å²) in [5.74, 6) is -2.63. The number of carboxylic acids is 1. The summed E-state index contributed by atoms with van der Waals surface area (Å²) in [5.41, 5.74) is 5.97. The fraction of sp³-hybridized carbons (Fsp3) is 0.323. The maximum Gasteiger partial charge on any atom is 0.336 e. The summed E-state index contributed by atoms with van der Waals surface area (Å²) >= 11 is 0. The van der Waals surface area contributed by atoms with E-state index in [2.05, 4.69) is 15.6 Å². The average Bonchev–Trinajstić information content (AvgIpc) is 2.95. The van der Waals surface area contributed by atoms with E-state index in [1.165, 1.54) is 30.3 Å². The molecule has 0 aliphatic rings. The lowest BCUT2D eigenvalue weighted by Crippen LogP contribution is -2.41. The molecule has 3 rings (SSSR count). The monoisotopic (exact) mass is 639 g/mol. The third-order valence-corrected chi connectivity index (χ3v) is 6.87. The number of rotatable bonds is 13. The maximum absolute atomic E-state index is 13.4. The summed E-state index contributed by atoms with van der Waals surface area (Å²) in [7, 11) is -3.76. The first-order valence-electron chi connectivity index (χ1n) is 13.9. The van der Waals surface area contributed by atoms with E-state index < -0.39 is 33.9 Å². The molecule has 0 aliphatic carbocycles. The number of nitrogens with two attached hydrogens (primary N) is 1. The van der Waals surface area contributed by atoms with E-state index >= 15 is 0 Å². The van der Waals surface area contributed by atoms with Gasteiger partial charge in [-0.05, 0) is 66.8 Å². The van der Waals surface area contributed by atoms with Gasteiger partial charge in [-0.2, -0.15) is 8.42 Å². The zero-order chi connectivity index (χ0) is 33.5. The highest BCUT2D eigenvalue weighted by Crippen LogP contribution is 2.30. The topological polar surface area (TPSA) is 211 Å². The first-order valence-corrected chi connectivity index (χ1v) is 15.7. The van der Waals surface area contributed by atoms with Gasteiger partial charge in [0.1, 0.15) is 11.5 Å². The van der Waals surface area contributed by atoms with E-state index in [-0.39, 0.29) is 58.3 Å². The number of carboxylic acid groups (broad SMARTS) is 1. The third-order valence-electron chi connectivity index (χ3n) is 6.31. The van der Waals surface area contributed by atoms with Crippen molar-refractivity contribution >= 4 is 39.4 Å². The number of hydrogen-bond acceptors (Lipinski definition) is 9. The molecule has 240 valence electrons. The second-order valence-corrected chi connectivity index (χ2v) is 13.1. The van der Waals surface area contributed by atoms with Crippen molar-refractivity contribution in [3.8, 4) is 17.0 Å². The Morgan fingerprint density at radius 3 is 2.18 bits per heavy atom. The van der Waals surface area contributed by atoms with E-state index in [0.29, 0.717) is 17.7 Å². The maximum atomic E-state index is 13.4. The first kappa shape index (κ1) is 34.7. The lowest BCUT2D eigenvalue weighted by atomic mass is 9.88. The highest BCUT2D eigenvalue weighted by atomic mass is 32.2. The van der Waals surface area contributed by atoms with Crippen LogP contribution >= 0.6 is 0 Å². The molecular weight excluding hydrogens is 602 g/mol. The molecule has 0 saturated heterocycles. The molecule has 0 fully saturated rings. The molecule has 0 aliphatic heterocycles. The predicted molar refractivity (Wildman–Crippen MR) is 169 cm³/mol. The second-order valence-electron chi connectivity index (χ2n) is 11.4. The van der Waals surface area contributed by atoms with Gasteiger partial charge in [-0.15, -0.1) is 0 Å². The van der Waals surface area contributed by atoms with Gasteiger partial charge >= 0.3 is 5.97 Å². The Labute approximate surface area is 261 Å². The second kappa shape index (κ2) is 14.3. The van der Waals surface area contributed by atoms with Crippen molar-refractivity contribution < 1.29 is 36.8 Å². The van der Waals surface area contributed by atoms with Crippen molar-refractivity contribution in [3.05, 3.63) is 77.0 Å². The van der Waals surface area contributed by atoms with Crippen molar-refractivity contribution in [2.45, 2.75) is 40.2 Å². The smallest absolute Gasteiger partial charge is 0.336 e. The van der Waals surface area contributed by atoms with Gasteiger partial charge in [0.15, 0.2) is 0 Å². The summed E-state index contributed by atoms with van der Waals surface area (Å²) in [6.07, 6.45) is 1.29. The normalized spacial score (nSPS) is 12.2. The molecule has 14 heteroatoms. The number of amides is 2. The van der Waals surface area contributed by atoms with Crippen molar-refractivity contribution in [1.82, 2.24) is 10.3 Å². The standard InChI is InChI=1S/C31H37N5O8S/c1-6-43-25-14-13-23(26(36-25)29(38)34-20-10-7-18(8-11-20)27(32)33)22-12-9-19(15-24(22)30(39)40)28(37)35-21(16-31(2,3)4)17-44-45(5,41)42/h7-15,21H,6,16-17H2,1-5H3,(H3,32,33)(H,34,38)(H,35,37)(H,39,40)/t21-/m0/s1. The molecular formula is C31H37N5O8S. The summed E-state index contributed by atoms with van der Waals surface area (Å²) in [5, 5.41) is 23.1. The molecule has 0 unspecified atom stereocenters. The van der Waals surface area contributed by atoms with E-state index in [4.69, 9.17) is 20.1 Å². The Kier molecular flexibility index (Phi) is 11.0.